The lowest BCUT2D eigenvalue weighted by Crippen LogP contribution is -2.54. The zero-order chi connectivity index (χ0) is 18.0. The number of amides is 2. The van der Waals surface area contributed by atoms with Gasteiger partial charge in [-0.2, -0.15) is 5.26 Å². The van der Waals surface area contributed by atoms with E-state index in [4.69, 9.17) is 10.00 Å². The van der Waals surface area contributed by atoms with Crippen molar-refractivity contribution in [3.05, 3.63) is 53.9 Å². The Kier molecular flexibility index (Phi) is 4.30. The predicted molar refractivity (Wildman–Crippen MR) is 91.0 cm³/mol. The van der Waals surface area contributed by atoms with E-state index < -0.39 is 23.8 Å². The number of ether oxygens (including phenoxy) is 1. The largest absolute Gasteiger partial charge is 0.485 e. The van der Waals surface area contributed by atoms with E-state index in [2.05, 4.69) is 21.7 Å². The van der Waals surface area contributed by atoms with E-state index in [9.17, 15) is 9.90 Å². The Morgan fingerprint density at radius 3 is 2.72 bits per heavy atom. The Bertz CT molecular complexity index is 830. The van der Waals surface area contributed by atoms with Gasteiger partial charge in [0.15, 0.2) is 0 Å². The number of hydrogen-bond donors (Lipinski definition) is 3. The number of aliphatic hydroxyl groups is 1. The van der Waals surface area contributed by atoms with Crippen LogP contribution < -0.4 is 15.4 Å². The molecule has 1 aliphatic rings. The van der Waals surface area contributed by atoms with Crippen LogP contribution in [0.4, 0.5) is 10.5 Å². The van der Waals surface area contributed by atoms with Gasteiger partial charge in [-0.05, 0) is 44.2 Å². The standard InChI is InChI=1S/C18H18N4O3/c1-18(2)16(23)15(13-9-11(10-19)3-4-14(13)25-18)22-17(24)21-12-5-7-20-8-6-12/h3-9,15-16,23H,1-2H3,(H2,20,21,22,24)/t15-,16+/m1/s1. The number of aliphatic hydroxyl groups excluding tert-OH is 1. The third-order valence-corrected chi connectivity index (χ3v) is 4.10. The topological polar surface area (TPSA) is 107 Å². The fraction of sp³-hybridized carbons (Fsp3) is 0.278. The van der Waals surface area contributed by atoms with Gasteiger partial charge in [-0.1, -0.05) is 0 Å². The van der Waals surface area contributed by atoms with Gasteiger partial charge in [0.1, 0.15) is 17.5 Å². The minimum Gasteiger partial charge on any atom is -0.485 e. The molecule has 1 aliphatic heterocycles. The second-order valence-electron chi connectivity index (χ2n) is 6.33. The molecule has 0 bridgehead atoms. The maximum absolute atomic E-state index is 12.3. The van der Waals surface area contributed by atoms with Crippen molar-refractivity contribution < 1.29 is 14.6 Å². The Morgan fingerprint density at radius 1 is 1.32 bits per heavy atom. The molecule has 2 atom stereocenters. The maximum Gasteiger partial charge on any atom is 0.319 e. The second kappa shape index (κ2) is 6.42. The number of benzene rings is 1. The third-order valence-electron chi connectivity index (χ3n) is 4.10. The molecular weight excluding hydrogens is 320 g/mol. The molecule has 2 aromatic rings. The Morgan fingerprint density at radius 2 is 2.04 bits per heavy atom. The third kappa shape index (κ3) is 3.39. The SMILES string of the molecule is CC1(C)Oc2ccc(C#N)cc2[C@@H](NC(=O)Nc2ccncc2)[C@@H]1O. The van der Waals surface area contributed by atoms with E-state index >= 15 is 0 Å². The van der Waals surface area contributed by atoms with E-state index in [-0.39, 0.29) is 0 Å². The monoisotopic (exact) mass is 338 g/mol. The minimum atomic E-state index is -0.989. The molecule has 3 N–H and O–H groups in total. The lowest BCUT2D eigenvalue weighted by molar-refractivity contribution is -0.0618. The van der Waals surface area contributed by atoms with E-state index in [1.165, 1.54) is 0 Å². The summed E-state index contributed by atoms with van der Waals surface area (Å²) in [5.74, 6) is 0.531. The van der Waals surface area contributed by atoms with Crippen molar-refractivity contribution in [3.63, 3.8) is 0 Å². The number of fused-ring (bicyclic) bond motifs is 1. The fourth-order valence-corrected chi connectivity index (χ4v) is 2.77. The van der Waals surface area contributed by atoms with Crippen molar-refractivity contribution in [3.8, 4) is 11.8 Å². The van der Waals surface area contributed by atoms with Crippen molar-refractivity contribution in [2.75, 3.05) is 5.32 Å². The molecule has 0 unspecified atom stereocenters. The summed E-state index contributed by atoms with van der Waals surface area (Å²) in [5.41, 5.74) is 0.682. The molecule has 0 aliphatic carbocycles. The summed E-state index contributed by atoms with van der Waals surface area (Å²) < 4.78 is 5.82. The number of carbonyl (C=O) groups excluding carboxylic acids is 1. The average molecular weight is 338 g/mol. The first kappa shape index (κ1) is 16.7. The van der Waals surface area contributed by atoms with Crippen LogP contribution in [0.1, 0.15) is 31.0 Å². The normalized spacial score (nSPS) is 20.6. The smallest absolute Gasteiger partial charge is 0.319 e. The summed E-state index contributed by atoms with van der Waals surface area (Å²) in [6, 6.07) is 9.12. The number of anilines is 1. The first-order valence-electron chi connectivity index (χ1n) is 7.79. The van der Waals surface area contributed by atoms with Gasteiger partial charge in [0.2, 0.25) is 0 Å². The number of pyridine rings is 1. The van der Waals surface area contributed by atoms with E-state index in [0.717, 1.165) is 0 Å². The quantitative estimate of drug-likeness (QED) is 0.779. The van der Waals surface area contributed by atoms with Crippen molar-refractivity contribution in [1.82, 2.24) is 10.3 Å². The van der Waals surface area contributed by atoms with Crippen LogP contribution in [0.25, 0.3) is 0 Å². The van der Waals surface area contributed by atoms with Gasteiger partial charge in [-0.25, -0.2) is 4.79 Å². The van der Waals surface area contributed by atoms with E-state index in [1.54, 1.807) is 56.6 Å². The number of hydrogen-bond acceptors (Lipinski definition) is 5. The Labute approximate surface area is 145 Å². The maximum atomic E-state index is 12.3. The molecule has 7 nitrogen and oxygen atoms in total. The molecule has 0 radical (unpaired) electrons. The molecule has 25 heavy (non-hydrogen) atoms. The van der Waals surface area contributed by atoms with Crippen molar-refractivity contribution in [2.24, 2.45) is 0 Å². The molecule has 0 saturated carbocycles. The van der Waals surface area contributed by atoms with E-state index in [0.29, 0.717) is 22.6 Å². The lowest BCUT2D eigenvalue weighted by atomic mass is 9.86. The number of nitrogens with one attached hydrogen (secondary N) is 2. The van der Waals surface area contributed by atoms with Gasteiger partial charge < -0.3 is 20.5 Å². The van der Waals surface area contributed by atoms with Crippen molar-refractivity contribution >= 4 is 11.7 Å². The predicted octanol–water partition coefficient (Wildman–Crippen LogP) is 2.35. The van der Waals surface area contributed by atoms with Crippen LogP contribution in [0.15, 0.2) is 42.7 Å². The number of aromatic nitrogens is 1. The number of urea groups is 1. The summed E-state index contributed by atoms with van der Waals surface area (Å²) in [5, 5.41) is 25.2. The van der Waals surface area contributed by atoms with Crippen LogP contribution >= 0.6 is 0 Å². The second-order valence-corrected chi connectivity index (χ2v) is 6.33. The summed E-state index contributed by atoms with van der Waals surface area (Å²) in [6.45, 7) is 3.49. The van der Waals surface area contributed by atoms with Gasteiger partial charge >= 0.3 is 6.03 Å². The highest BCUT2D eigenvalue weighted by molar-refractivity contribution is 5.89. The highest BCUT2D eigenvalue weighted by atomic mass is 16.5. The molecule has 2 heterocycles. The average Bonchev–Trinajstić information content (AvgIpc) is 2.59. The van der Waals surface area contributed by atoms with E-state index in [1.807, 2.05) is 0 Å². The summed E-state index contributed by atoms with van der Waals surface area (Å²) >= 11 is 0. The molecule has 7 heteroatoms. The highest BCUT2D eigenvalue weighted by Crippen LogP contribution is 2.40. The molecule has 1 aromatic heterocycles. The molecule has 0 fully saturated rings. The number of rotatable bonds is 2. The van der Waals surface area contributed by atoms with Crippen molar-refractivity contribution in [2.45, 2.75) is 31.6 Å². The molecule has 2 amide bonds. The summed E-state index contributed by atoms with van der Waals surface area (Å²) in [4.78, 5) is 16.2. The van der Waals surface area contributed by atoms with Crippen LogP contribution in [0.5, 0.6) is 5.75 Å². The fourth-order valence-electron chi connectivity index (χ4n) is 2.77. The molecule has 0 spiro atoms. The number of carbonyl (C=O) groups is 1. The van der Waals surface area contributed by atoms with Gasteiger partial charge in [0.25, 0.3) is 0 Å². The van der Waals surface area contributed by atoms with Gasteiger partial charge in [-0.3, -0.25) is 4.98 Å². The first-order valence-corrected chi connectivity index (χ1v) is 7.79. The summed E-state index contributed by atoms with van der Waals surface area (Å²) in [6.07, 6.45) is 2.14. The summed E-state index contributed by atoms with van der Waals surface area (Å²) in [7, 11) is 0. The number of nitriles is 1. The molecule has 0 saturated heterocycles. The Hall–Kier alpha value is -3.11. The zero-order valence-corrected chi connectivity index (χ0v) is 13.9. The molecule has 1 aromatic carbocycles. The lowest BCUT2D eigenvalue weighted by Gasteiger charge is -2.42. The minimum absolute atomic E-state index is 0.426. The number of nitrogens with zero attached hydrogens (tertiary/aromatic N) is 2. The molecule has 3 rings (SSSR count). The van der Waals surface area contributed by atoms with Crippen molar-refractivity contribution in [1.29, 1.82) is 5.26 Å². The van der Waals surface area contributed by atoms with Gasteiger partial charge in [-0.15, -0.1) is 0 Å². The first-order chi connectivity index (χ1) is 11.9. The zero-order valence-electron chi connectivity index (χ0n) is 13.9. The molecular formula is C18H18N4O3. The van der Waals surface area contributed by atoms with Gasteiger partial charge in [0, 0.05) is 23.6 Å². The van der Waals surface area contributed by atoms with Gasteiger partial charge in [0.05, 0.1) is 17.7 Å². The van der Waals surface area contributed by atoms with Crippen LogP contribution in [0, 0.1) is 11.3 Å². The Balaban J connectivity index is 1.88. The highest BCUT2D eigenvalue weighted by Gasteiger charge is 2.43. The van der Waals surface area contributed by atoms with Crippen LogP contribution in [-0.2, 0) is 0 Å². The molecule has 128 valence electrons. The van der Waals surface area contributed by atoms with Crippen LogP contribution in [-0.4, -0.2) is 27.8 Å². The van der Waals surface area contributed by atoms with Crippen LogP contribution in [0.3, 0.4) is 0 Å². The van der Waals surface area contributed by atoms with Crippen LogP contribution in [0.2, 0.25) is 0 Å².